The van der Waals surface area contributed by atoms with E-state index in [9.17, 15) is 14.4 Å². The van der Waals surface area contributed by atoms with Crippen molar-refractivity contribution in [2.45, 2.75) is 12.8 Å². The van der Waals surface area contributed by atoms with Crippen LogP contribution >= 0.6 is 0 Å². The first-order chi connectivity index (χ1) is 15.4. The number of rotatable bonds is 6. The first-order valence-electron chi connectivity index (χ1n) is 10.2. The largest absolute Gasteiger partial charge is 0.478 e. The summed E-state index contributed by atoms with van der Waals surface area (Å²) in [5.41, 5.74) is 5.73. The molecule has 0 aromatic heterocycles. The van der Waals surface area contributed by atoms with Crippen LogP contribution in [0, 0.1) is 6.92 Å². The maximum Gasteiger partial charge on any atom is 0.407 e. The number of benzene rings is 3. The van der Waals surface area contributed by atoms with Gasteiger partial charge in [-0.05, 0) is 52.9 Å². The molecule has 0 unspecified atom stereocenters. The number of fused-ring (bicyclic) bond motifs is 3. The van der Waals surface area contributed by atoms with Crippen molar-refractivity contribution in [3.8, 4) is 11.1 Å². The quantitative estimate of drug-likeness (QED) is 0.544. The third kappa shape index (κ3) is 4.32. The molecule has 2 amide bonds. The molecule has 7 heteroatoms. The summed E-state index contributed by atoms with van der Waals surface area (Å²) in [6.07, 6.45) is -0.681. The minimum absolute atomic E-state index is 0.0580. The second kappa shape index (κ2) is 8.93. The van der Waals surface area contributed by atoms with Gasteiger partial charge in [-0.25, -0.2) is 9.59 Å². The van der Waals surface area contributed by atoms with E-state index in [1.54, 1.807) is 6.92 Å². The van der Waals surface area contributed by atoms with E-state index in [1.165, 1.54) is 18.2 Å². The Kier molecular flexibility index (Phi) is 5.89. The third-order valence-electron chi connectivity index (χ3n) is 5.48. The first kappa shape index (κ1) is 21.1. The number of anilines is 1. The number of nitrogens with one attached hydrogen (secondary N) is 2. The van der Waals surface area contributed by atoms with Crippen LogP contribution in [0.15, 0.2) is 66.7 Å². The van der Waals surface area contributed by atoms with Gasteiger partial charge in [0.25, 0.3) is 0 Å². The summed E-state index contributed by atoms with van der Waals surface area (Å²) in [5, 5.41) is 14.1. The van der Waals surface area contributed by atoms with E-state index in [4.69, 9.17) is 9.84 Å². The number of carboxylic acid groups (broad SMARTS) is 1. The lowest BCUT2D eigenvalue weighted by Crippen LogP contribution is -2.34. The Labute approximate surface area is 185 Å². The van der Waals surface area contributed by atoms with Gasteiger partial charge in [0.2, 0.25) is 5.91 Å². The van der Waals surface area contributed by atoms with Crippen LogP contribution in [0.4, 0.5) is 10.5 Å². The Morgan fingerprint density at radius 3 is 2.16 bits per heavy atom. The summed E-state index contributed by atoms with van der Waals surface area (Å²) < 4.78 is 5.41. The Balaban J connectivity index is 1.31. The van der Waals surface area contributed by atoms with E-state index < -0.39 is 18.0 Å². The number of aryl methyl sites for hydroxylation is 1. The number of carbonyl (C=O) groups is 3. The molecule has 162 valence electrons. The molecule has 1 aliphatic carbocycles. The number of carbonyl (C=O) groups excluding carboxylic acids is 2. The molecule has 0 saturated carbocycles. The molecule has 0 saturated heterocycles. The lowest BCUT2D eigenvalue weighted by molar-refractivity contribution is -0.115. The van der Waals surface area contributed by atoms with Gasteiger partial charge in [0.05, 0.1) is 5.56 Å². The van der Waals surface area contributed by atoms with E-state index in [1.807, 2.05) is 36.4 Å². The van der Waals surface area contributed by atoms with Crippen molar-refractivity contribution in [2.75, 3.05) is 18.5 Å². The molecule has 3 N–H and O–H groups in total. The van der Waals surface area contributed by atoms with Gasteiger partial charge in [0.15, 0.2) is 0 Å². The lowest BCUT2D eigenvalue weighted by atomic mass is 9.98. The molecule has 0 fully saturated rings. The summed E-state index contributed by atoms with van der Waals surface area (Å²) in [6, 6.07) is 20.5. The summed E-state index contributed by atoms with van der Waals surface area (Å²) in [5.74, 6) is -1.54. The van der Waals surface area contributed by atoms with E-state index >= 15 is 0 Å². The van der Waals surface area contributed by atoms with Crippen LogP contribution in [-0.2, 0) is 9.53 Å². The second-order valence-corrected chi connectivity index (χ2v) is 7.56. The zero-order valence-corrected chi connectivity index (χ0v) is 17.4. The highest BCUT2D eigenvalue weighted by molar-refractivity contribution is 5.95. The molecule has 0 spiro atoms. The number of hydrogen-bond acceptors (Lipinski definition) is 4. The summed E-state index contributed by atoms with van der Waals surface area (Å²) in [4.78, 5) is 35.4. The summed E-state index contributed by atoms with van der Waals surface area (Å²) in [7, 11) is 0. The van der Waals surface area contributed by atoms with Gasteiger partial charge in [-0.1, -0.05) is 48.5 Å². The molecule has 0 bridgehead atoms. The SMILES string of the molecule is Cc1cc(C(=O)O)ccc1NC(=O)CNC(=O)OCC1c2ccccc2-c2ccccc21. The van der Waals surface area contributed by atoms with Crippen molar-refractivity contribution in [3.63, 3.8) is 0 Å². The van der Waals surface area contributed by atoms with Crippen LogP contribution in [0.3, 0.4) is 0 Å². The average molecular weight is 430 g/mol. The number of alkyl carbamates (subject to hydrolysis) is 1. The van der Waals surface area contributed by atoms with Crippen molar-refractivity contribution >= 4 is 23.7 Å². The minimum atomic E-state index is -1.04. The Bertz CT molecular complexity index is 1160. The van der Waals surface area contributed by atoms with E-state index in [0.717, 1.165) is 22.3 Å². The number of amides is 2. The number of hydrogen-bond donors (Lipinski definition) is 3. The minimum Gasteiger partial charge on any atom is -0.478 e. The van der Waals surface area contributed by atoms with Crippen molar-refractivity contribution in [1.82, 2.24) is 5.32 Å². The van der Waals surface area contributed by atoms with Crippen molar-refractivity contribution < 1.29 is 24.2 Å². The fourth-order valence-corrected chi connectivity index (χ4v) is 3.93. The number of aromatic carboxylic acids is 1. The van der Waals surface area contributed by atoms with Crippen LogP contribution < -0.4 is 10.6 Å². The average Bonchev–Trinajstić information content (AvgIpc) is 3.11. The first-order valence-corrected chi connectivity index (χ1v) is 10.2. The van der Waals surface area contributed by atoms with Gasteiger partial charge in [-0.15, -0.1) is 0 Å². The van der Waals surface area contributed by atoms with Crippen LogP contribution in [0.2, 0.25) is 0 Å². The molecule has 1 aliphatic rings. The van der Waals surface area contributed by atoms with Gasteiger partial charge >= 0.3 is 12.1 Å². The zero-order chi connectivity index (χ0) is 22.7. The third-order valence-corrected chi connectivity index (χ3v) is 5.48. The Morgan fingerprint density at radius 2 is 1.56 bits per heavy atom. The fraction of sp³-hybridized carbons (Fsp3) is 0.160. The highest BCUT2D eigenvalue weighted by Crippen LogP contribution is 2.44. The zero-order valence-electron chi connectivity index (χ0n) is 17.4. The highest BCUT2D eigenvalue weighted by atomic mass is 16.5. The predicted molar refractivity (Wildman–Crippen MR) is 120 cm³/mol. The topological polar surface area (TPSA) is 105 Å². The maximum atomic E-state index is 12.2. The van der Waals surface area contributed by atoms with Crippen LogP contribution in [0.1, 0.15) is 33.0 Å². The van der Waals surface area contributed by atoms with Crippen molar-refractivity contribution in [1.29, 1.82) is 0 Å². The van der Waals surface area contributed by atoms with Crippen molar-refractivity contribution in [2.24, 2.45) is 0 Å². The molecule has 7 nitrogen and oxygen atoms in total. The molecule has 4 rings (SSSR count). The molecule has 0 radical (unpaired) electrons. The van der Waals surface area contributed by atoms with Gasteiger partial charge in [0, 0.05) is 11.6 Å². The second-order valence-electron chi connectivity index (χ2n) is 7.56. The normalized spacial score (nSPS) is 11.9. The monoisotopic (exact) mass is 430 g/mol. The van der Waals surface area contributed by atoms with Crippen molar-refractivity contribution in [3.05, 3.63) is 89.0 Å². The standard InChI is InChI=1S/C25H22N2O5/c1-15-12-16(24(29)30)10-11-22(15)27-23(28)13-26-25(31)32-14-21-19-8-4-2-6-17(19)18-7-3-5-9-20(18)21/h2-12,21H,13-14H2,1H3,(H,26,31)(H,27,28)(H,29,30). The van der Waals surface area contributed by atoms with E-state index in [0.29, 0.717) is 11.3 Å². The molecular formula is C25H22N2O5. The van der Waals surface area contributed by atoms with E-state index in [-0.39, 0.29) is 24.6 Å². The van der Waals surface area contributed by atoms with Crippen LogP contribution in [0.25, 0.3) is 11.1 Å². The van der Waals surface area contributed by atoms with Crippen LogP contribution in [-0.4, -0.2) is 36.2 Å². The van der Waals surface area contributed by atoms with Gasteiger partial charge in [0.1, 0.15) is 13.2 Å². The molecular weight excluding hydrogens is 408 g/mol. The number of carboxylic acids is 1. The molecule has 3 aromatic rings. The summed E-state index contributed by atoms with van der Waals surface area (Å²) >= 11 is 0. The Hall–Kier alpha value is -4.13. The fourth-order valence-electron chi connectivity index (χ4n) is 3.93. The van der Waals surface area contributed by atoms with Crippen LogP contribution in [0.5, 0.6) is 0 Å². The van der Waals surface area contributed by atoms with Gasteiger partial charge < -0.3 is 20.5 Å². The molecule has 0 aliphatic heterocycles. The predicted octanol–water partition coefficient (Wildman–Crippen LogP) is 4.17. The molecule has 3 aromatic carbocycles. The number of ether oxygens (including phenoxy) is 1. The molecule has 0 atom stereocenters. The smallest absolute Gasteiger partial charge is 0.407 e. The van der Waals surface area contributed by atoms with Gasteiger partial charge in [-0.2, -0.15) is 0 Å². The molecule has 32 heavy (non-hydrogen) atoms. The molecule has 0 heterocycles. The Morgan fingerprint density at radius 1 is 0.938 bits per heavy atom. The van der Waals surface area contributed by atoms with E-state index in [2.05, 4.69) is 22.8 Å². The summed E-state index contributed by atoms with van der Waals surface area (Å²) in [6.45, 7) is 1.59. The maximum absolute atomic E-state index is 12.2. The van der Waals surface area contributed by atoms with Gasteiger partial charge in [-0.3, -0.25) is 4.79 Å². The lowest BCUT2D eigenvalue weighted by Gasteiger charge is -2.15. The highest BCUT2D eigenvalue weighted by Gasteiger charge is 2.29.